The number of ether oxygens (including phenoxy) is 1. The molecule has 1 aromatic heterocycles. The van der Waals surface area contributed by atoms with Crippen molar-refractivity contribution in [3.8, 4) is 5.75 Å². The van der Waals surface area contributed by atoms with E-state index >= 15 is 0 Å². The van der Waals surface area contributed by atoms with Gasteiger partial charge in [0.25, 0.3) is 0 Å². The summed E-state index contributed by atoms with van der Waals surface area (Å²) in [5, 5.41) is 9.28. The number of H-pyrrole nitrogens is 1. The molecule has 0 bridgehead atoms. The Bertz CT molecular complexity index is 740. The number of rotatable bonds is 5. The summed E-state index contributed by atoms with van der Waals surface area (Å²) in [6, 6.07) is 8.89. The van der Waals surface area contributed by atoms with Crippen LogP contribution in [0.25, 0.3) is 0 Å². The van der Waals surface area contributed by atoms with Gasteiger partial charge in [0.05, 0.1) is 6.20 Å². The van der Waals surface area contributed by atoms with Crippen LogP contribution in [0.3, 0.4) is 0 Å². The fourth-order valence-electron chi connectivity index (χ4n) is 2.18. The molecule has 0 unspecified atom stereocenters. The second-order valence-electron chi connectivity index (χ2n) is 4.90. The molecule has 1 aliphatic rings. The highest BCUT2D eigenvalue weighted by molar-refractivity contribution is 8.03. The zero-order chi connectivity index (χ0) is 16.1. The molecular weight excluding hydrogens is 314 g/mol. The van der Waals surface area contributed by atoms with Gasteiger partial charge in [0.15, 0.2) is 0 Å². The van der Waals surface area contributed by atoms with Gasteiger partial charge in [-0.05, 0) is 23.1 Å². The van der Waals surface area contributed by atoms with Crippen LogP contribution in [0.4, 0.5) is 4.79 Å². The number of nitrogens with zero attached hydrogens (tertiary/aromatic N) is 1. The van der Waals surface area contributed by atoms with Gasteiger partial charge in [-0.15, -0.1) is 11.8 Å². The van der Waals surface area contributed by atoms with Crippen molar-refractivity contribution in [3.05, 3.63) is 58.8 Å². The second-order valence-corrected chi connectivity index (χ2v) is 6.12. The van der Waals surface area contributed by atoms with Crippen LogP contribution in [0.5, 0.6) is 5.75 Å². The van der Waals surface area contributed by atoms with Gasteiger partial charge in [0, 0.05) is 24.3 Å². The number of carbonyl (C=O) groups is 2. The largest absolute Gasteiger partial charge is 0.412 e. The molecule has 6 nitrogen and oxygen atoms in total. The van der Waals surface area contributed by atoms with Crippen LogP contribution in [0, 0.1) is 0 Å². The number of fused-ring (bicyclic) bond motifs is 1. The first-order valence-corrected chi connectivity index (χ1v) is 8.11. The molecule has 7 heteroatoms. The Labute approximate surface area is 137 Å². The van der Waals surface area contributed by atoms with Gasteiger partial charge in [-0.3, -0.25) is 9.89 Å². The number of benzene rings is 1. The zero-order valence-corrected chi connectivity index (χ0v) is 13.1. The van der Waals surface area contributed by atoms with Gasteiger partial charge >= 0.3 is 6.09 Å². The number of aromatic amines is 1. The molecule has 0 aliphatic heterocycles. The number of nitrogens with one attached hydrogen (secondary N) is 2. The van der Waals surface area contributed by atoms with E-state index in [0.717, 1.165) is 10.5 Å². The van der Waals surface area contributed by atoms with Crippen LogP contribution in [-0.2, 0) is 6.42 Å². The lowest BCUT2D eigenvalue weighted by molar-refractivity contribution is 0.103. The van der Waals surface area contributed by atoms with E-state index in [1.807, 2.05) is 6.07 Å². The highest BCUT2D eigenvalue weighted by atomic mass is 32.2. The van der Waals surface area contributed by atoms with E-state index in [1.165, 1.54) is 0 Å². The number of aromatic nitrogens is 2. The normalized spacial score (nSPS) is 13.2. The number of carbonyl (C=O) groups excluding carboxylic acids is 2. The molecule has 3 rings (SSSR count). The van der Waals surface area contributed by atoms with Gasteiger partial charge in [-0.25, -0.2) is 4.79 Å². The number of allylic oxidation sites excluding steroid dienone is 2. The van der Waals surface area contributed by atoms with Crippen molar-refractivity contribution < 1.29 is 14.3 Å². The number of ketones is 1. The molecule has 0 fully saturated rings. The second kappa shape index (κ2) is 7.15. The van der Waals surface area contributed by atoms with E-state index in [-0.39, 0.29) is 5.78 Å². The highest BCUT2D eigenvalue weighted by Crippen LogP contribution is 2.26. The topological polar surface area (TPSA) is 84.1 Å². The molecule has 2 aromatic rings. The van der Waals surface area contributed by atoms with E-state index < -0.39 is 6.09 Å². The third kappa shape index (κ3) is 4.01. The summed E-state index contributed by atoms with van der Waals surface area (Å²) in [5.74, 6) is 1.12. The highest BCUT2D eigenvalue weighted by Gasteiger charge is 2.19. The average Bonchev–Trinajstić information content (AvgIpc) is 3.02. The first-order valence-electron chi connectivity index (χ1n) is 7.13. The van der Waals surface area contributed by atoms with Crippen LogP contribution in [0.15, 0.2) is 47.5 Å². The average molecular weight is 329 g/mol. The lowest BCUT2D eigenvalue weighted by atomic mass is 10.0. The van der Waals surface area contributed by atoms with Crippen molar-refractivity contribution in [2.45, 2.75) is 6.42 Å². The summed E-state index contributed by atoms with van der Waals surface area (Å²) in [6.07, 6.45) is 3.50. The lowest BCUT2D eigenvalue weighted by Gasteiger charge is -2.12. The minimum absolute atomic E-state index is 0.0531. The zero-order valence-electron chi connectivity index (χ0n) is 12.2. The summed E-state index contributed by atoms with van der Waals surface area (Å²) in [4.78, 5) is 24.4. The summed E-state index contributed by atoms with van der Waals surface area (Å²) in [5.41, 5.74) is 1.48. The van der Waals surface area contributed by atoms with E-state index in [1.54, 1.807) is 48.3 Å². The van der Waals surface area contributed by atoms with Crippen molar-refractivity contribution in [1.29, 1.82) is 0 Å². The van der Waals surface area contributed by atoms with Crippen LogP contribution in [0.2, 0.25) is 0 Å². The van der Waals surface area contributed by atoms with Crippen LogP contribution < -0.4 is 10.1 Å². The smallest absolute Gasteiger partial charge is 0.410 e. The van der Waals surface area contributed by atoms with Crippen LogP contribution >= 0.6 is 11.8 Å². The summed E-state index contributed by atoms with van der Waals surface area (Å²) >= 11 is 1.54. The van der Waals surface area contributed by atoms with Crippen molar-refractivity contribution in [2.24, 2.45) is 0 Å². The lowest BCUT2D eigenvalue weighted by Crippen LogP contribution is -2.28. The fourth-order valence-corrected chi connectivity index (χ4v) is 3.09. The standard InChI is InChI=1S/C16H15N3O3S/c20-14-9-13(8-11-10-18-19-15(11)14)23-7-6-17-16(21)22-12-4-2-1-3-5-12/h1-5,9-10H,6-8H2,(H,17,21)(H,18,19). The number of amides is 1. The molecule has 0 saturated heterocycles. The molecule has 1 heterocycles. The number of hydrogen-bond acceptors (Lipinski definition) is 5. The van der Waals surface area contributed by atoms with E-state index in [9.17, 15) is 9.59 Å². The van der Waals surface area contributed by atoms with Crippen LogP contribution in [0.1, 0.15) is 16.1 Å². The molecule has 118 valence electrons. The summed E-state index contributed by atoms with van der Waals surface area (Å²) < 4.78 is 5.12. The molecule has 2 N–H and O–H groups in total. The number of hydrogen-bond donors (Lipinski definition) is 2. The van der Waals surface area contributed by atoms with Crippen molar-refractivity contribution in [1.82, 2.24) is 15.5 Å². The van der Waals surface area contributed by atoms with E-state index in [2.05, 4.69) is 15.5 Å². The molecule has 1 aromatic carbocycles. The summed E-state index contributed by atoms with van der Waals surface area (Å²) in [6.45, 7) is 0.458. The Kier molecular flexibility index (Phi) is 4.77. The van der Waals surface area contributed by atoms with Crippen molar-refractivity contribution >= 4 is 23.6 Å². The maximum atomic E-state index is 11.9. The Morgan fingerprint density at radius 2 is 2.17 bits per heavy atom. The molecule has 0 atom stereocenters. The Balaban J connectivity index is 1.40. The van der Waals surface area contributed by atoms with Crippen molar-refractivity contribution in [2.75, 3.05) is 12.3 Å². The van der Waals surface area contributed by atoms with Crippen molar-refractivity contribution in [3.63, 3.8) is 0 Å². The number of thioether (sulfide) groups is 1. The Hall–Kier alpha value is -2.54. The third-order valence-electron chi connectivity index (χ3n) is 3.23. The van der Waals surface area contributed by atoms with Gasteiger partial charge in [0.1, 0.15) is 11.4 Å². The minimum Gasteiger partial charge on any atom is -0.410 e. The SMILES string of the molecule is O=C(NCCSC1=CC(=O)c2[nH]ncc2C1)Oc1ccccc1. The first kappa shape index (κ1) is 15.4. The molecule has 0 radical (unpaired) electrons. The maximum Gasteiger partial charge on any atom is 0.412 e. The monoisotopic (exact) mass is 329 g/mol. The Morgan fingerprint density at radius 3 is 3.00 bits per heavy atom. The van der Waals surface area contributed by atoms with Gasteiger partial charge in [-0.2, -0.15) is 5.10 Å². The molecule has 23 heavy (non-hydrogen) atoms. The van der Waals surface area contributed by atoms with E-state index in [4.69, 9.17) is 4.74 Å². The molecular formula is C16H15N3O3S. The van der Waals surface area contributed by atoms with Crippen LogP contribution in [-0.4, -0.2) is 34.4 Å². The van der Waals surface area contributed by atoms with Gasteiger partial charge in [0.2, 0.25) is 5.78 Å². The van der Waals surface area contributed by atoms with Gasteiger partial charge in [-0.1, -0.05) is 18.2 Å². The fraction of sp³-hybridized carbons (Fsp3) is 0.188. The molecule has 1 aliphatic carbocycles. The summed E-state index contributed by atoms with van der Waals surface area (Å²) in [7, 11) is 0. The predicted molar refractivity (Wildman–Crippen MR) is 87.6 cm³/mol. The Morgan fingerprint density at radius 1 is 1.35 bits per heavy atom. The predicted octanol–water partition coefficient (Wildman–Crippen LogP) is 2.55. The van der Waals surface area contributed by atoms with Gasteiger partial charge < -0.3 is 10.1 Å². The molecule has 0 spiro atoms. The maximum absolute atomic E-state index is 11.9. The number of para-hydroxylation sites is 1. The molecule has 1 amide bonds. The first-order chi connectivity index (χ1) is 11.2. The minimum atomic E-state index is -0.484. The molecule has 0 saturated carbocycles. The quantitative estimate of drug-likeness (QED) is 0.824. The third-order valence-corrected chi connectivity index (χ3v) is 4.27. The van der Waals surface area contributed by atoms with E-state index in [0.29, 0.717) is 30.2 Å².